The van der Waals surface area contributed by atoms with Gasteiger partial charge in [-0.15, -0.1) is 0 Å². The van der Waals surface area contributed by atoms with E-state index in [0.29, 0.717) is 5.92 Å². The van der Waals surface area contributed by atoms with Crippen LogP contribution in [0.3, 0.4) is 0 Å². The Morgan fingerprint density at radius 1 is 1.33 bits per heavy atom. The summed E-state index contributed by atoms with van der Waals surface area (Å²) >= 11 is 0. The van der Waals surface area contributed by atoms with Crippen LogP contribution in [0.15, 0.2) is 28.4 Å². The molecule has 0 saturated heterocycles. The first kappa shape index (κ1) is 14.2. The van der Waals surface area contributed by atoms with Crippen LogP contribution in [0.4, 0.5) is 0 Å². The Labute approximate surface area is 95.0 Å². The van der Waals surface area contributed by atoms with Gasteiger partial charge in [-0.2, -0.15) is 0 Å². The van der Waals surface area contributed by atoms with Gasteiger partial charge in [0, 0.05) is 11.9 Å². The summed E-state index contributed by atoms with van der Waals surface area (Å²) in [6.07, 6.45) is 9.85. The summed E-state index contributed by atoms with van der Waals surface area (Å²) in [5.41, 5.74) is 2.45. The molecule has 0 N–H and O–H groups in total. The van der Waals surface area contributed by atoms with Crippen LogP contribution in [0.1, 0.15) is 53.9 Å². The van der Waals surface area contributed by atoms with Crippen molar-refractivity contribution in [2.75, 3.05) is 0 Å². The molecule has 0 aliphatic heterocycles. The Morgan fingerprint density at radius 3 is 2.47 bits per heavy atom. The van der Waals surface area contributed by atoms with E-state index in [9.17, 15) is 0 Å². The summed E-state index contributed by atoms with van der Waals surface area (Å²) in [7, 11) is 0. The van der Waals surface area contributed by atoms with Crippen LogP contribution in [0.25, 0.3) is 0 Å². The van der Waals surface area contributed by atoms with Crippen LogP contribution in [0, 0.1) is 5.92 Å². The first-order valence-electron chi connectivity index (χ1n) is 6.01. The van der Waals surface area contributed by atoms with E-state index in [0.717, 1.165) is 12.1 Å². The van der Waals surface area contributed by atoms with Gasteiger partial charge in [-0.25, -0.2) is 0 Å². The molecule has 0 fully saturated rings. The molecule has 0 bridgehead atoms. The standard InChI is InChI=1S/C14H25N/c1-6-9-14(8-3)11-15-13(5)10-12(4)7-2/h8,10-12H,6-7,9H2,1-5H3/b13-10+,14-8-,15-11+. The van der Waals surface area contributed by atoms with Gasteiger partial charge in [-0.3, -0.25) is 4.99 Å². The maximum Gasteiger partial charge on any atom is 0.0335 e. The molecular formula is C14H25N. The molecule has 0 aromatic heterocycles. The van der Waals surface area contributed by atoms with Crippen LogP contribution in [-0.4, -0.2) is 6.21 Å². The highest BCUT2D eigenvalue weighted by atomic mass is 14.7. The van der Waals surface area contributed by atoms with Gasteiger partial charge in [0.15, 0.2) is 0 Å². The highest BCUT2D eigenvalue weighted by molar-refractivity contribution is 5.79. The fourth-order valence-corrected chi connectivity index (χ4v) is 1.33. The molecule has 0 aliphatic rings. The molecule has 0 aliphatic carbocycles. The van der Waals surface area contributed by atoms with Gasteiger partial charge >= 0.3 is 0 Å². The molecule has 0 amide bonds. The molecule has 1 atom stereocenters. The first-order valence-corrected chi connectivity index (χ1v) is 6.01. The molecule has 0 saturated carbocycles. The summed E-state index contributed by atoms with van der Waals surface area (Å²) in [5, 5.41) is 0. The van der Waals surface area contributed by atoms with Gasteiger partial charge in [-0.1, -0.05) is 45.8 Å². The topological polar surface area (TPSA) is 12.4 Å². The zero-order chi connectivity index (χ0) is 11.7. The largest absolute Gasteiger partial charge is 0.262 e. The van der Waals surface area contributed by atoms with E-state index < -0.39 is 0 Å². The minimum absolute atomic E-state index is 0.627. The van der Waals surface area contributed by atoms with E-state index in [1.54, 1.807) is 0 Å². The van der Waals surface area contributed by atoms with E-state index in [4.69, 9.17) is 0 Å². The lowest BCUT2D eigenvalue weighted by molar-refractivity contribution is 0.692. The Morgan fingerprint density at radius 2 is 2.00 bits per heavy atom. The fraction of sp³-hybridized carbons (Fsp3) is 0.643. The maximum absolute atomic E-state index is 4.47. The Bertz CT molecular complexity index is 246. The van der Waals surface area contributed by atoms with Gasteiger partial charge in [0.2, 0.25) is 0 Å². The quantitative estimate of drug-likeness (QED) is 0.557. The number of aliphatic imine (C=N–C) groups is 1. The average molecular weight is 207 g/mol. The van der Waals surface area contributed by atoms with E-state index in [1.807, 2.05) is 6.21 Å². The highest BCUT2D eigenvalue weighted by Crippen LogP contribution is 2.08. The van der Waals surface area contributed by atoms with Crippen LogP contribution in [-0.2, 0) is 0 Å². The van der Waals surface area contributed by atoms with Crippen molar-refractivity contribution in [3.05, 3.63) is 23.4 Å². The minimum atomic E-state index is 0.627. The number of nitrogens with zero attached hydrogens (tertiary/aromatic N) is 1. The normalized spacial score (nSPS) is 16.1. The van der Waals surface area contributed by atoms with Crippen molar-refractivity contribution >= 4 is 6.21 Å². The molecule has 0 rings (SSSR count). The summed E-state index contributed by atoms with van der Waals surface area (Å²) < 4.78 is 0. The second-order valence-electron chi connectivity index (χ2n) is 4.07. The molecule has 0 radical (unpaired) electrons. The van der Waals surface area contributed by atoms with Crippen molar-refractivity contribution in [1.82, 2.24) is 0 Å². The van der Waals surface area contributed by atoms with Crippen LogP contribution in [0.2, 0.25) is 0 Å². The lowest BCUT2D eigenvalue weighted by atomic mass is 10.1. The van der Waals surface area contributed by atoms with Crippen molar-refractivity contribution in [1.29, 1.82) is 0 Å². The zero-order valence-corrected chi connectivity index (χ0v) is 10.9. The minimum Gasteiger partial charge on any atom is -0.262 e. The van der Waals surface area contributed by atoms with Gasteiger partial charge in [0.25, 0.3) is 0 Å². The first-order chi connectivity index (χ1) is 7.13. The van der Waals surface area contributed by atoms with E-state index in [1.165, 1.54) is 18.4 Å². The molecule has 0 aromatic carbocycles. The van der Waals surface area contributed by atoms with E-state index in [-0.39, 0.29) is 0 Å². The van der Waals surface area contributed by atoms with E-state index in [2.05, 4.69) is 51.8 Å². The highest BCUT2D eigenvalue weighted by Gasteiger charge is 1.94. The number of allylic oxidation sites excluding steroid dienone is 4. The molecular weight excluding hydrogens is 182 g/mol. The molecule has 0 aromatic rings. The molecule has 1 heteroatoms. The van der Waals surface area contributed by atoms with Gasteiger partial charge in [0.1, 0.15) is 0 Å². The third-order valence-corrected chi connectivity index (χ3v) is 2.51. The molecule has 86 valence electrons. The van der Waals surface area contributed by atoms with Crippen LogP contribution < -0.4 is 0 Å². The summed E-state index contributed by atoms with van der Waals surface area (Å²) in [5.74, 6) is 0.627. The van der Waals surface area contributed by atoms with E-state index >= 15 is 0 Å². The van der Waals surface area contributed by atoms with Crippen LogP contribution in [0.5, 0.6) is 0 Å². The third-order valence-electron chi connectivity index (χ3n) is 2.51. The molecule has 0 spiro atoms. The summed E-state index contributed by atoms with van der Waals surface area (Å²) in [6.45, 7) is 10.8. The van der Waals surface area contributed by atoms with Gasteiger partial charge < -0.3 is 0 Å². The van der Waals surface area contributed by atoms with Gasteiger partial charge in [-0.05, 0) is 31.8 Å². The van der Waals surface area contributed by atoms with Crippen molar-refractivity contribution in [2.24, 2.45) is 10.9 Å². The number of hydrogen-bond donors (Lipinski definition) is 0. The van der Waals surface area contributed by atoms with Gasteiger partial charge in [0.05, 0.1) is 0 Å². The monoisotopic (exact) mass is 207 g/mol. The predicted octanol–water partition coefficient (Wildman–Crippen LogP) is 4.75. The van der Waals surface area contributed by atoms with Crippen molar-refractivity contribution in [3.8, 4) is 0 Å². The zero-order valence-electron chi connectivity index (χ0n) is 10.9. The Balaban J connectivity index is 4.31. The Kier molecular flexibility index (Phi) is 7.98. The van der Waals surface area contributed by atoms with Crippen molar-refractivity contribution in [3.63, 3.8) is 0 Å². The van der Waals surface area contributed by atoms with Crippen LogP contribution >= 0.6 is 0 Å². The molecule has 1 nitrogen and oxygen atoms in total. The second-order valence-corrected chi connectivity index (χ2v) is 4.07. The third kappa shape index (κ3) is 7.12. The fourth-order valence-electron chi connectivity index (χ4n) is 1.33. The smallest absolute Gasteiger partial charge is 0.0335 e. The average Bonchev–Trinajstić information content (AvgIpc) is 2.23. The summed E-state index contributed by atoms with van der Waals surface area (Å²) in [4.78, 5) is 4.47. The van der Waals surface area contributed by atoms with Crippen molar-refractivity contribution < 1.29 is 0 Å². The number of rotatable bonds is 6. The SMILES string of the molecule is C\C=C(/C=N/C(C)=C/C(C)CC)CCC. The van der Waals surface area contributed by atoms with Crippen molar-refractivity contribution in [2.45, 2.75) is 53.9 Å². The molecule has 0 heterocycles. The lowest BCUT2D eigenvalue weighted by Crippen LogP contribution is -1.88. The maximum atomic E-state index is 4.47. The lowest BCUT2D eigenvalue weighted by Gasteiger charge is -2.02. The summed E-state index contributed by atoms with van der Waals surface area (Å²) in [6, 6.07) is 0. The molecule has 15 heavy (non-hydrogen) atoms. The molecule has 1 unspecified atom stereocenters. The predicted molar refractivity (Wildman–Crippen MR) is 70.4 cm³/mol. The Hall–Kier alpha value is -0.850. The second kappa shape index (κ2) is 8.46. The number of hydrogen-bond acceptors (Lipinski definition) is 1.